The fourth-order valence-corrected chi connectivity index (χ4v) is 8.80. The molecule has 0 radical (unpaired) electrons. The van der Waals surface area contributed by atoms with E-state index in [1.54, 1.807) is 0 Å². The molecule has 10 aromatic rings. The Kier molecular flexibility index (Phi) is 7.38. The third-order valence-electron chi connectivity index (χ3n) is 10.2. The predicted octanol–water partition coefficient (Wildman–Crippen LogP) is 13.9. The van der Waals surface area contributed by atoms with Gasteiger partial charge in [0.05, 0.1) is 5.70 Å². The van der Waals surface area contributed by atoms with Crippen LogP contribution in [0.1, 0.15) is 23.6 Å². The molecule has 2 heterocycles. The molecule has 0 aliphatic rings. The van der Waals surface area contributed by atoms with E-state index in [2.05, 4.69) is 135 Å². The lowest BCUT2D eigenvalue weighted by Crippen LogP contribution is -2.05. The largest absolute Gasteiger partial charge is 0.456 e. The van der Waals surface area contributed by atoms with Gasteiger partial charge in [-0.2, -0.15) is 0 Å². The molecule has 10 rings (SSSR count). The van der Waals surface area contributed by atoms with Crippen LogP contribution in [0, 0.1) is 0 Å². The zero-order valence-corrected chi connectivity index (χ0v) is 29.8. The van der Waals surface area contributed by atoms with E-state index < -0.39 is 0 Å². The summed E-state index contributed by atoms with van der Waals surface area (Å²) in [6.45, 7) is 6.43. The van der Waals surface area contributed by atoms with Crippen molar-refractivity contribution in [2.24, 2.45) is 9.98 Å². The second-order valence-corrected chi connectivity index (χ2v) is 14.5. The summed E-state index contributed by atoms with van der Waals surface area (Å²) in [5.41, 5.74) is 8.34. The number of aliphatic imine (C=N–C) groups is 2. The summed E-state index contributed by atoms with van der Waals surface area (Å²) in [6.07, 6.45) is 0. The lowest BCUT2D eigenvalue weighted by atomic mass is 9.95. The van der Waals surface area contributed by atoms with E-state index in [0.29, 0.717) is 11.5 Å². The minimum Gasteiger partial charge on any atom is -0.456 e. The van der Waals surface area contributed by atoms with Crippen LogP contribution in [0.3, 0.4) is 0 Å². The van der Waals surface area contributed by atoms with Gasteiger partial charge >= 0.3 is 0 Å². The smallest absolute Gasteiger partial charge is 0.160 e. The first-order valence-electron chi connectivity index (χ1n) is 17.8. The summed E-state index contributed by atoms with van der Waals surface area (Å²) in [6, 6.07) is 57.4. The number of rotatable bonds is 5. The zero-order valence-electron chi connectivity index (χ0n) is 29.0. The number of hydrogen-bond acceptors (Lipinski definition) is 3. The molecule has 0 aliphatic carbocycles. The van der Waals surface area contributed by atoms with Gasteiger partial charge in [0, 0.05) is 47.8 Å². The minimum atomic E-state index is 0.603. The summed E-state index contributed by atoms with van der Waals surface area (Å²) >= 11 is 1.84. The van der Waals surface area contributed by atoms with Gasteiger partial charge in [-0.25, -0.2) is 9.98 Å². The standard InChI is InChI=1S/C49H32N2OS/c1-30(32-12-4-3-5-13-32)50-49(36-25-26-39-34(28-36)23-22-33-14-6-7-15-38(33)39)51-31(2)37-17-10-19-43-47(37)48-40(18-11-20-44(48)52-43)35-24-27-42-41-16-8-9-21-45(41)53-46(42)29-35/h3-29H,1H2,2H3/b50-49-,51-31+. The first kappa shape index (κ1) is 31.1. The molecular weight excluding hydrogens is 665 g/mol. The summed E-state index contributed by atoms with van der Waals surface area (Å²) < 4.78 is 9.11. The molecule has 0 saturated carbocycles. The van der Waals surface area contributed by atoms with Crippen molar-refractivity contribution < 1.29 is 4.42 Å². The molecule has 0 N–H and O–H groups in total. The number of benzene rings is 8. The molecule has 0 bridgehead atoms. The summed E-state index contributed by atoms with van der Waals surface area (Å²) in [4.78, 5) is 10.4. The highest BCUT2D eigenvalue weighted by atomic mass is 32.1. The molecule has 0 fully saturated rings. The van der Waals surface area contributed by atoms with Crippen molar-refractivity contribution in [3.8, 4) is 11.1 Å². The van der Waals surface area contributed by atoms with Gasteiger partial charge in [0.25, 0.3) is 0 Å². The zero-order chi connectivity index (χ0) is 35.5. The van der Waals surface area contributed by atoms with Gasteiger partial charge in [-0.1, -0.05) is 140 Å². The van der Waals surface area contributed by atoms with Crippen LogP contribution in [-0.4, -0.2) is 11.5 Å². The van der Waals surface area contributed by atoms with E-state index in [1.165, 1.54) is 36.3 Å². The fourth-order valence-electron chi connectivity index (χ4n) is 7.65. The molecule has 4 heteroatoms. The Morgan fingerprint density at radius 1 is 0.528 bits per heavy atom. The topological polar surface area (TPSA) is 37.9 Å². The number of furan rings is 1. The van der Waals surface area contributed by atoms with Crippen molar-refractivity contribution in [1.82, 2.24) is 0 Å². The molecule has 8 aromatic carbocycles. The number of hydrogen-bond donors (Lipinski definition) is 0. The second kappa shape index (κ2) is 12.6. The Morgan fingerprint density at radius 2 is 1.23 bits per heavy atom. The number of thiophene rings is 1. The van der Waals surface area contributed by atoms with E-state index in [9.17, 15) is 0 Å². The van der Waals surface area contributed by atoms with Crippen LogP contribution in [0.25, 0.3) is 80.5 Å². The Hall–Kier alpha value is -6.62. The van der Waals surface area contributed by atoms with Crippen molar-refractivity contribution in [2.45, 2.75) is 6.92 Å². The van der Waals surface area contributed by atoms with Gasteiger partial charge in [0.2, 0.25) is 0 Å². The van der Waals surface area contributed by atoms with Crippen LogP contribution in [0.15, 0.2) is 185 Å². The van der Waals surface area contributed by atoms with Crippen LogP contribution in [0.2, 0.25) is 0 Å². The van der Waals surface area contributed by atoms with Gasteiger partial charge in [-0.3, -0.25) is 0 Å². The maximum absolute atomic E-state index is 6.54. The predicted molar refractivity (Wildman–Crippen MR) is 228 cm³/mol. The molecule has 3 nitrogen and oxygen atoms in total. The lowest BCUT2D eigenvalue weighted by Gasteiger charge is -2.11. The van der Waals surface area contributed by atoms with Crippen LogP contribution >= 0.6 is 11.3 Å². The first-order valence-corrected chi connectivity index (χ1v) is 18.6. The normalized spacial score (nSPS) is 12.5. The highest BCUT2D eigenvalue weighted by molar-refractivity contribution is 7.25. The van der Waals surface area contributed by atoms with Gasteiger partial charge in [0.15, 0.2) is 5.84 Å². The van der Waals surface area contributed by atoms with E-state index in [1.807, 2.05) is 53.8 Å². The van der Waals surface area contributed by atoms with Gasteiger partial charge in [-0.15, -0.1) is 11.3 Å². The summed E-state index contributed by atoms with van der Waals surface area (Å²) in [7, 11) is 0. The number of nitrogens with zero attached hydrogens (tertiary/aromatic N) is 2. The fraction of sp³-hybridized carbons (Fsp3) is 0.0204. The molecule has 0 amide bonds. The third kappa shape index (κ3) is 5.35. The third-order valence-corrected chi connectivity index (χ3v) is 11.4. The lowest BCUT2D eigenvalue weighted by molar-refractivity contribution is 0.669. The minimum absolute atomic E-state index is 0.603. The van der Waals surface area contributed by atoms with Crippen molar-refractivity contribution in [3.63, 3.8) is 0 Å². The van der Waals surface area contributed by atoms with Crippen molar-refractivity contribution in [1.29, 1.82) is 0 Å². The maximum Gasteiger partial charge on any atom is 0.160 e. The summed E-state index contributed by atoms with van der Waals surface area (Å²) in [5, 5.41) is 9.49. The Balaban J connectivity index is 1.15. The average molecular weight is 697 g/mol. The van der Waals surface area contributed by atoms with Crippen LogP contribution < -0.4 is 0 Å². The Bertz CT molecular complexity index is 3140. The van der Waals surface area contributed by atoms with E-state index in [4.69, 9.17) is 14.4 Å². The molecule has 2 aromatic heterocycles. The highest BCUT2D eigenvalue weighted by Crippen LogP contribution is 2.41. The highest BCUT2D eigenvalue weighted by Gasteiger charge is 2.18. The molecule has 0 aliphatic heterocycles. The molecule has 53 heavy (non-hydrogen) atoms. The van der Waals surface area contributed by atoms with Crippen LogP contribution in [0.4, 0.5) is 0 Å². The first-order chi connectivity index (χ1) is 26.1. The van der Waals surface area contributed by atoms with E-state index >= 15 is 0 Å². The van der Waals surface area contributed by atoms with Gasteiger partial charge < -0.3 is 4.42 Å². The Morgan fingerprint density at radius 3 is 2.11 bits per heavy atom. The monoisotopic (exact) mass is 696 g/mol. The molecule has 250 valence electrons. The van der Waals surface area contributed by atoms with Crippen molar-refractivity contribution in [3.05, 3.63) is 187 Å². The SMILES string of the molecule is C=C(/N=C(\N=C(/C)c1cccc2oc3cccc(-c4ccc5c(c4)sc4ccccc45)c3c12)c1ccc2c(ccc3ccccc32)c1)c1ccccc1. The molecule has 0 saturated heterocycles. The quantitative estimate of drug-likeness (QED) is 0.100. The summed E-state index contributed by atoms with van der Waals surface area (Å²) in [5.74, 6) is 0.603. The van der Waals surface area contributed by atoms with Crippen molar-refractivity contribution >= 4 is 92.2 Å². The van der Waals surface area contributed by atoms with Gasteiger partial charge in [0.1, 0.15) is 11.2 Å². The second-order valence-electron chi connectivity index (χ2n) is 13.4. The molecule has 0 atom stereocenters. The van der Waals surface area contributed by atoms with Crippen LogP contribution in [0.5, 0.6) is 0 Å². The number of amidine groups is 1. The average Bonchev–Trinajstić information content (AvgIpc) is 3.79. The van der Waals surface area contributed by atoms with Crippen LogP contribution in [-0.2, 0) is 0 Å². The molecule has 0 spiro atoms. The van der Waals surface area contributed by atoms with E-state index in [0.717, 1.165) is 60.9 Å². The van der Waals surface area contributed by atoms with Gasteiger partial charge in [-0.05, 0) is 75.5 Å². The molecule has 0 unspecified atom stereocenters. The van der Waals surface area contributed by atoms with Crippen molar-refractivity contribution in [2.75, 3.05) is 0 Å². The Labute approximate surface area is 310 Å². The molecular formula is C49H32N2OS. The maximum atomic E-state index is 6.54. The van der Waals surface area contributed by atoms with E-state index in [-0.39, 0.29) is 0 Å². The number of fused-ring (bicyclic) bond motifs is 9.